The molecule has 4 rings (SSSR count). The van der Waals surface area contributed by atoms with Crippen molar-refractivity contribution in [1.29, 1.82) is 0 Å². The van der Waals surface area contributed by atoms with E-state index in [9.17, 15) is 18.0 Å². The predicted octanol–water partition coefficient (Wildman–Crippen LogP) is 5.11. The summed E-state index contributed by atoms with van der Waals surface area (Å²) in [6.45, 7) is 7.07. The van der Waals surface area contributed by atoms with Crippen molar-refractivity contribution in [3.05, 3.63) is 63.2 Å². The van der Waals surface area contributed by atoms with Crippen molar-refractivity contribution >= 4 is 16.6 Å². The average molecular weight is 416 g/mol. The number of aryl methyl sites for hydroxylation is 1. The first-order chi connectivity index (χ1) is 14.0. The molecule has 1 fully saturated rings. The molecule has 5 nitrogen and oxygen atoms in total. The number of nitrogens with one attached hydrogen (secondary N) is 1. The van der Waals surface area contributed by atoms with Crippen LogP contribution in [-0.2, 0) is 11.7 Å². The van der Waals surface area contributed by atoms with Crippen LogP contribution < -0.4 is 10.9 Å². The minimum Gasteiger partial charge on any atom is -0.361 e. The Labute approximate surface area is 171 Å². The summed E-state index contributed by atoms with van der Waals surface area (Å²) in [6.07, 6.45) is -0.761. The molecule has 1 aliphatic carbocycles. The largest absolute Gasteiger partial charge is 0.416 e. The highest BCUT2D eigenvalue weighted by molar-refractivity contribution is 5.92. The first kappa shape index (κ1) is 20.4. The van der Waals surface area contributed by atoms with Gasteiger partial charge in [0.05, 0.1) is 17.3 Å². The standard InChI is InChI=1S/C22H23F3N4O/c1-12-15(6-5-7-18(12)22(23,24)25)13(2)26-20-17-11-29(21(4)8-9-21)19(30)10-16(17)14(3)27-28-20/h5-7,10-11,13H,8-9H2,1-4H3,(H,26,28)/t13-/m1/s1. The lowest BCUT2D eigenvalue weighted by Crippen LogP contribution is -2.27. The lowest BCUT2D eigenvalue weighted by molar-refractivity contribution is -0.138. The van der Waals surface area contributed by atoms with Crippen molar-refractivity contribution in [1.82, 2.24) is 14.8 Å². The zero-order valence-electron chi connectivity index (χ0n) is 17.3. The van der Waals surface area contributed by atoms with Gasteiger partial charge in [-0.2, -0.15) is 18.3 Å². The van der Waals surface area contributed by atoms with Gasteiger partial charge in [-0.05, 0) is 57.7 Å². The Kier molecular flexibility index (Phi) is 4.63. The van der Waals surface area contributed by atoms with E-state index in [2.05, 4.69) is 15.5 Å². The molecule has 2 aromatic heterocycles. The third kappa shape index (κ3) is 3.44. The number of nitrogens with zero attached hydrogens (tertiary/aromatic N) is 3. The van der Waals surface area contributed by atoms with Gasteiger partial charge in [0.1, 0.15) is 0 Å². The Morgan fingerprint density at radius 1 is 1.17 bits per heavy atom. The zero-order chi connectivity index (χ0) is 21.8. The van der Waals surface area contributed by atoms with Crippen molar-refractivity contribution in [2.45, 2.75) is 58.3 Å². The van der Waals surface area contributed by atoms with Crippen molar-refractivity contribution < 1.29 is 13.2 Å². The SMILES string of the molecule is Cc1c([C@@H](C)Nc2nnc(C)c3cc(=O)n(C4(C)CC4)cc23)cccc1C(F)(F)F. The minimum absolute atomic E-state index is 0.0914. The molecule has 0 unspecified atom stereocenters. The molecule has 1 aromatic carbocycles. The molecule has 8 heteroatoms. The molecule has 2 heterocycles. The van der Waals surface area contributed by atoms with Gasteiger partial charge in [0.25, 0.3) is 5.56 Å². The first-order valence-electron chi connectivity index (χ1n) is 9.85. The molecule has 0 aliphatic heterocycles. The van der Waals surface area contributed by atoms with E-state index < -0.39 is 17.8 Å². The smallest absolute Gasteiger partial charge is 0.361 e. The number of pyridine rings is 1. The minimum atomic E-state index is -4.41. The van der Waals surface area contributed by atoms with E-state index in [1.54, 1.807) is 36.7 Å². The van der Waals surface area contributed by atoms with Crippen molar-refractivity contribution in [2.75, 3.05) is 5.32 Å². The topological polar surface area (TPSA) is 59.8 Å². The van der Waals surface area contributed by atoms with Crippen LogP contribution in [-0.4, -0.2) is 14.8 Å². The third-order valence-electron chi connectivity index (χ3n) is 6.05. The highest BCUT2D eigenvalue weighted by Crippen LogP contribution is 2.42. The van der Waals surface area contributed by atoms with Crippen LogP contribution in [0.5, 0.6) is 0 Å². The highest BCUT2D eigenvalue weighted by atomic mass is 19.4. The number of hydrogen-bond acceptors (Lipinski definition) is 4. The summed E-state index contributed by atoms with van der Waals surface area (Å²) < 4.78 is 41.6. The third-order valence-corrected chi connectivity index (χ3v) is 6.05. The van der Waals surface area contributed by atoms with E-state index in [4.69, 9.17) is 0 Å². The number of rotatable bonds is 4. The molecule has 1 aliphatic rings. The number of hydrogen-bond donors (Lipinski definition) is 1. The van der Waals surface area contributed by atoms with Crippen molar-refractivity contribution in [3.63, 3.8) is 0 Å². The quantitative estimate of drug-likeness (QED) is 0.642. The van der Waals surface area contributed by atoms with Crippen LogP contribution in [0.25, 0.3) is 10.8 Å². The molecule has 158 valence electrons. The molecule has 3 aromatic rings. The second-order valence-corrected chi connectivity index (χ2v) is 8.32. The Morgan fingerprint density at radius 2 is 1.87 bits per heavy atom. The van der Waals surface area contributed by atoms with Gasteiger partial charge in [0.15, 0.2) is 5.82 Å². The number of aromatic nitrogens is 3. The Balaban J connectivity index is 1.78. The molecule has 0 radical (unpaired) electrons. The fraction of sp³-hybridized carbons (Fsp3) is 0.409. The van der Waals surface area contributed by atoms with Gasteiger partial charge >= 0.3 is 6.18 Å². The van der Waals surface area contributed by atoms with Gasteiger partial charge in [-0.1, -0.05) is 12.1 Å². The van der Waals surface area contributed by atoms with Gasteiger partial charge < -0.3 is 9.88 Å². The maximum atomic E-state index is 13.3. The van der Waals surface area contributed by atoms with E-state index >= 15 is 0 Å². The second kappa shape index (κ2) is 6.82. The van der Waals surface area contributed by atoms with Gasteiger partial charge in [0.2, 0.25) is 0 Å². The lowest BCUT2D eigenvalue weighted by Gasteiger charge is -2.21. The molecule has 0 spiro atoms. The normalized spacial score (nSPS) is 16.5. The summed E-state index contributed by atoms with van der Waals surface area (Å²) in [5, 5.41) is 13.0. The summed E-state index contributed by atoms with van der Waals surface area (Å²) >= 11 is 0. The van der Waals surface area contributed by atoms with E-state index in [1.165, 1.54) is 13.0 Å². The average Bonchev–Trinajstić information content (AvgIpc) is 3.41. The van der Waals surface area contributed by atoms with Gasteiger partial charge in [-0.25, -0.2) is 0 Å². The predicted molar refractivity (Wildman–Crippen MR) is 110 cm³/mol. The molecule has 0 amide bonds. The van der Waals surface area contributed by atoms with E-state index in [0.29, 0.717) is 22.5 Å². The fourth-order valence-electron chi connectivity index (χ4n) is 3.92. The number of anilines is 1. The maximum Gasteiger partial charge on any atom is 0.416 e. The molecular formula is C22H23F3N4O. The fourth-order valence-corrected chi connectivity index (χ4v) is 3.92. The maximum absolute atomic E-state index is 13.3. The summed E-state index contributed by atoms with van der Waals surface area (Å²) in [5.74, 6) is 0.443. The van der Waals surface area contributed by atoms with Crippen LogP contribution in [0, 0.1) is 13.8 Å². The number of benzene rings is 1. The first-order valence-corrected chi connectivity index (χ1v) is 9.85. The van der Waals surface area contributed by atoms with Crippen LogP contribution >= 0.6 is 0 Å². The van der Waals surface area contributed by atoms with E-state index in [0.717, 1.165) is 24.3 Å². The van der Waals surface area contributed by atoms with Crippen molar-refractivity contribution in [3.8, 4) is 0 Å². The Morgan fingerprint density at radius 3 is 2.50 bits per heavy atom. The van der Waals surface area contributed by atoms with Crippen LogP contribution in [0.2, 0.25) is 0 Å². The summed E-state index contributed by atoms with van der Waals surface area (Å²) in [6, 6.07) is 5.29. The molecule has 0 bridgehead atoms. The van der Waals surface area contributed by atoms with Crippen molar-refractivity contribution in [2.24, 2.45) is 0 Å². The van der Waals surface area contributed by atoms with Gasteiger partial charge in [-0.3, -0.25) is 4.79 Å². The number of alkyl halides is 3. The monoisotopic (exact) mass is 416 g/mol. The highest BCUT2D eigenvalue weighted by Gasteiger charge is 2.40. The van der Waals surface area contributed by atoms with Crippen LogP contribution in [0.15, 0.2) is 35.3 Å². The molecule has 1 saturated carbocycles. The Hall–Kier alpha value is -2.90. The molecule has 0 saturated heterocycles. The summed E-state index contributed by atoms with van der Waals surface area (Å²) in [4.78, 5) is 12.6. The number of fused-ring (bicyclic) bond motifs is 1. The Bertz CT molecular complexity index is 1200. The molecular weight excluding hydrogens is 393 g/mol. The van der Waals surface area contributed by atoms with Crippen LogP contribution in [0.4, 0.5) is 19.0 Å². The molecule has 30 heavy (non-hydrogen) atoms. The molecule has 1 N–H and O–H groups in total. The summed E-state index contributed by atoms with van der Waals surface area (Å²) in [5.41, 5.74) is 0.404. The summed E-state index contributed by atoms with van der Waals surface area (Å²) in [7, 11) is 0. The van der Waals surface area contributed by atoms with Gasteiger partial charge in [0, 0.05) is 28.6 Å². The molecule has 1 atom stereocenters. The van der Waals surface area contributed by atoms with Crippen LogP contribution in [0.3, 0.4) is 0 Å². The second-order valence-electron chi connectivity index (χ2n) is 8.32. The number of halogens is 3. The van der Waals surface area contributed by atoms with Gasteiger partial charge in [-0.15, -0.1) is 5.10 Å². The lowest BCUT2D eigenvalue weighted by atomic mass is 9.97. The van der Waals surface area contributed by atoms with Crippen LogP contribution in [0.1, 0.15) is 55.1 Å². The van der Waals surface area contributed by atoms with E-state index in [1.807, 2.05) is 6.92 Å². The zero-order valence-corrected chi connectivity index (χ0v) is 17.3. The van der Waals surface area contributed by atoms with E-state index in [-0.39, 0.29) is 16.7 Å².